The van der Waals surface area contributed by atoms with Gasteiger partial charge in [0.15, 0.2) is 0 Å². The van der Waals surface area contributed by atoms with Crippen molar-refractivity contribution in [3.63, 3.8) is 0 Å². The van der Waals surface area contributed by atoms with Crippen molar-refractivity contribution in [2.24, 2.45) is 0 Å². The van der Waals surface area contributed by atoms with Crippen molar-refractivity contribution in [3.8, 4) is 28.6 Å². The van der Waals surface area contributed by atoms with E-state index in [0.717, 1.165) is 17.9 Å². The van der Waals surface area contributed by atoms with E-state index in [9.17, 15) is 4.79 Å². The van der Waals surface area contributed by atoms with Crippen molar-refractivity contribution >= 4 is 14.7 Å². The Morgan fingerprint density at radius 3 is 2.64 bits per heavy atom. The molecule has 0 unspecified atom stereocenters. The zero-order valence-electron chi connectivity index (χ0n) is 19.1. The molecule has 174 valence electrons. The Labute approximate surface area is 195 Å². The van der Waals surface area contributed by atoms with Gasteiger partial charge in [-0.2, -0.15) is 5.10 Å². The quantitative estimate of drug-likeness (QED) is 0.361. The smallest absolute Gasteiger partial charge is 0.220 e. The average Bonchev–Trinajstić information content (AvgIpc) is 3.28. The molecule has 4 rings (SSSR count). The molecule has 3 heterocycles. The third kappa shape index (κ3) is 6.66. The average molecular weight is 467 g/mol. The molecule has 1 aliphatic heterocycles. The van der Waals surface area contributed by atoms with Crippen LogP contribution in [-0.4, -0.2) is 48.7 Å². The number of nitrogens with zero attached hydrogens (tertiary/aromatic N) is 3. The molecule has 1 atom stereocenters. The summed E-state index contributed by atoms with van der Waals surface area (Å²) in [5.41, 5.74) is 2.05. The second-order valence-electron chi connectivity index (χ2n) is 8.48. The molecule has 1 aromatic carbocycles. The first-order valence-electron chi connectivity index (χ1n) is 11.3. The summed E-state index contributed by atoms with van der Waals surface area (Å²) in [6.07, 6.45) is 4.55. The monoisotopic (exact) mass is 466 g/mol. The van der Waals surface area contributed by atoms with Crippen LogP contribution in [0.25, 0.3) is 11.3 Å². The highest BCUT2D eigenvalue weighted by Gasteiger charge is 2.19. The van der Waals surface area contributed by atoms with Gasteiger partial charge in [0, 0.05) is 39.7 Å². The van der Waals surface area contributed by atoms with E-state index in [1.54, 1.807) is 18.5 Å². The van der Waals surface area contributed by atoms with Gasteiger partial charge in [0.05, 0.1) is 18.4 Å². The maximum absolute atomic E-state index is 11.2. The third-order valence-corrected chi connectivity index (χ3v) is 6.76. The Balaban J connectivity index is 1.31. The molecule has 1 amide bonds. The predicted octanol–water partition coefficient (Wildman–Crippen LogP) is 3.86. The lowest BCUT2D eigenvalue weighted by molar-refractivity contribution is -0.123. The Kier molecular flexibility index (Phi) is 7.74. The van der Waals surface area contributed by atoms with Crippen LogP contribution < -0.4 is 14.8 Å². The summed E-state index contributed by atoms with van der Waals surface area (Å²) < 4.78 is 19.4. The number of carbonyl (C=O) groups is 1. The van der Waals surface area contributed by atoms with Crippen LogP contribution in [0.5, 0.6) is 17.4 Å². The lowest BCUT2D eigenvalue weighted by Crippen LogP contribution is -2.40. The summed E-state index contributed by atoms with van der Waals surface area (Å²) in [5, 5.41) is 7.19. The first-order chi connectivity index (χ1) is 16.1. The summed E-state index contributed by atoms with van der Waals surface area (Å²) in [7, 11) is -0.596. The van der Waals surface area contributed by atoms with Crippen molar-refractivity contribution in [1.82, 2.24) is 20.1 Å². The lowest BCUT2D eigenvalue weighted by Gasteiger charge is -2.22. The van der Waals surface area contributed by atoms with Gasteiger partial charge >= 0.3 is 0 Å². The Hall–Kier alpha value is -3.17. The molecule has 33 heavy (non-hydrogen) atoms. The molecule has 1 saturated heterocycles. The molecule has 3 aromatic rings. The number of ether oxygens (including phenoxy) is 3. The molecule has 8 nitrogen and oxygen atoms in total. The van der Waals surface area contributed by atoms with Crippen LogP contribution in [0.15, 0.2) is 54.9 Å². The number of piperidine rings is 1. The minimum absolute atomic E-state index is 0.0505. The minimum Gasteiger partial charge on any atom is -0.472 e. The number of hydrogen-bond donors (Lipinski definition) is 1. The summed E-state index contributed by atoms with van der Waals surface area (Å²) in [6, 6.07) is 14.6. The Morgan fingerprint density at radius 1 is 1.12 bits per heavy atom. The second-order valence-corrected chi connectivity index (χ2v) is 11.8. The minimum atomic E-state index is -0.596. The molecular weight excluding hydrogens is 436 g/mol. The molecule has 0 bridgehead atoms. The van der Waals surface area contributed by atoms with Gasteiger partial charge < -0.3 is 19.5 Å². The predicted molar refractivity (Wildman–Crippen MR) is 128 cm³/mol. The Bertz CT molecular complexity index is 1030. The number of rotatable bonds is 10. The maximum atomic E-state index is 11.2. The van der Waals surface area contributed by atoms with E-state index in [2.05, 4.69) is 28.5 Å². The van der Waals surface area contributed by atoms with E-state index < -0.39 is 8.80 Å². The number of hydrogen-bond acceptors (Lipinski definition) is 6. The standard InChI is InChI=1S/C24H30N4O4Si/c1-33(2)14-13-30-17-28-22(11-12-27-28)18-3-5-19(6-4-18)31-20-8-10-24(26-16-20)32-21-7-9-23(29)25-15-21/h3-6,8,10-12,16,21,33H,7,9,13-15,17H2,1-2H3,(H,25,29)/t21-/m1/s1. The van der Waals surface area contributed by atoms with Gasteiger partial charge in [-0.05, 0) is 48.9 Å². The zero-order chi connectivity index (χ0) is 23.0. The van der Waals surface area contributed by atoms with Gasteiger partial charge in [-0.3, -0.25) is 4.79 Å². The number of carbonyl (C=O) groups excluding carboxylic acids is 1. The number of amides is 1. The summed E-state index contributed by atoms with van der Waals surface area (Å²) in [4.78, 5) is 15.6. The number of aromatic nitrogens is 3. The molecule has 2 aromatic heterocycles. The second kappa shape index (κ2) is 11.1. The molecule has 1 aliphatic rings. The highest BCUT2D eigenvalue weighted by atomic mass is 28.3. The SMILES string of the molecule is C[SiH](C)CCOCn1nccc1-c1ccc(Oc2ccc(O[C@@H]3CCC(=O)NC3)nc2)cc1. The van der Waals surface area contributed by atoms with E-state index in [0.29, 0.717) is 43.5 Å². The van der Waals surface area contributed by atoms with Crippen LogP contribution in [0.2, 0.25) is 19.1 Å². The summed E-state index contributed by atoms with van der Waals surface area (Å²) in [5.74, 6) is 1.93. The van der Waals surface area contributed by atoms with E-state index in [1.807, 2.05) is 41.1 Å². The first-order valence-corrected chi connectivity index (χ1v) is 14.5. The fourth-order valence-corrected chi connectivity index (χ4v) is 4.10. The van der Waals surface area contributed by atoms with Gasteiger partial charge in [0.25, 0.3) is 0 Å². The fraction of sp³-hybridized carbons (Fsp3) is 0.375. The highest BCUT2D eigenvalue weighted by Crippen LogP contribution is 2.26. The van der Waals surface area contributed by atoms with E-state index in [-0.39, 0.29) is 12.0 Å². The molecule has 0 saturated carbocycles. The van der Waals surface area contributed by atoms with Crippen LogP contribution in [0.3, 0.4) is 0 Å². The fourth-order valence-electron chi connectivity index (χ4n) is 3.46. The number of nitrogens with one attached hydrogen (secondary N) is 1. The van der Waals surface area contributed by atoms with Crippen molar-refractivity contribution in [1.29, 1.82) is 0 Å². The third-order valence-electron chi connectivity index (χ3n) is 5.37. The van der Waals surface area contributed by atoms with Gasteiger partial charge in [-0.25, -0.2) is 9.67 Å². The van der Waals surface area contributed by atoms with Gasteiger partial charge in [0.2, 0.25) is 11.8 Å². The lowest BCUT2D eigenvalue weighted by atomic mass is 10.1. The highest BCUT2D eigenvalue weighted by molar-refractivity contribution is 6.55. The maximum Gasteiger partial charge on any atom is 0.220 e. The van der Waals surface area contributed by atoms with Gasteiger partial charge in [0.1, 0.15) is 24.3 Å². The molecule has 0 aliphatic carbocycles. The first kappa shape index (κ1) is 23.0. The van der Waals surface area contributed by atoms with Crippen molar-refractivity contribution < 1.29 is 19.0 Å². The molecule has 0 spiro atoms. The summed E-state index contributed by atoms with van der Waals surface area (Å²) in [6.45, 7) is 6.39. The number of benzene rings is 1. The molecule has 9 heteroatoms. The largest absolute Gasteiger partial charge is 0.472 e. The van der Waals surface area contributed by atoms with Crippen LogP contribution in [-0.2, 0) is 16.3 Å². The van der Waals surface area contributed by atoms with Crippen LogP contribution in [0.4, 0.5) is 0 Å². The zero-order valence-corrected chi connectivity index (χ0v) is 20.2. The van der Waals surface area contributed by atoms with Gasteiger partial charge in [-0.1, -0.05) is 13.1 Å². The van der Waals surface area contributed by atoms with Crippen LogP contribution >= 0.6 is 0 Å². The topological polar surface area (TPSA) is 87.5 Å². The van der Waals surface area contributed by atoms with Crippen molar-refractivity contribution in [3.05, 3.63) is 54.9 Å². The van der Waals surface area contributed by atoms with Crippen LogP contribution in [0.1, 0.15) is 12.8 Å². The van der Waals surface area contributed by atoms with E-state index in [1.165, 1.54) is 6.04 Å². The van der Waals surface area contributed by atoms with E-state index >= 15 is 0 Å². The van der Waals surface area contributed by atoms with Crippen molar-refractivity contribution in [2.75, 3.05) is 13.2 Å². The molecule has 1 N–H and O–H groups in total. The Morgan fingerprint density at radius 2 is 1.94 bits per heavy atom. The van der Waals surface area contributed by atoms with Gasteiger partial charge in [-0.15, -0.1) is 0 Å². The molecule has 0 radical (unpaired) electrons. The van der Waals surface area contributed by atoms with E-state index in [4.69, 9.17) is 14.2 Å². The molecular formula is C24H30N4O4Si. The number of pyridine rings is 1. The van der Waals surface area contributed by atoms with Crippen molar-refractivity contribution in [2.45, 2.75) is 44.8 Å². The van der Waals surface area contributed by atoms with Crippen LogP contribution in [0, 0.1) is 0 Å². The normalized spacial score (nSPS) is 16.0. The molecule has 1 fully saturated rings. The summed E-state index contributed by atoms with van der Waals surface area (Å²) >= 11 is 0.